The Morgan fingerprint density at radius 3 is 2.61 bits per heavy atom. The van der Waals surface area contributed by atoms with Crippen LogP contribution in [0.2, 0.25) is 0 Å². The van der Waals surface area contributed by atoms with Crippen LogP contribution < -0.4 is 5.32 Å². The van der Waals surface area contributed by atoms with Gasteiger partial charge in [-0.15, -0.1) is 0 Å². The summed E-state index contributed by atoms with van der Waals surface area (Å²) in [4.78, 5) is 2.54. The number of nitrogens with one attached hydrogen (secondary N) is 1. The number of nitrogens with zero attached hydrogens (tertiary/aromatic N) is 1. The molecule has 3 atom stereocenters. The maximum Gasteiger partial charge on any atom is 0.0332 e. The highest BCUT2D eigenvalue weighted by Crippen LogP contribution is 2.27. The molecule has 0 amide bonds. The van der Waals surface area contributed by atoms with Gasteiger partial charge in [0.2, 0.25) is 0 Å². The Hall–Kier alpha value is -0.860. The maximum absolute atomic E-state index is 3.47. The fourth-order valence-electron chi connectivity index (χ4n) is 3.11. The van der Waals surface area contributed by atoms with Crippen molar-refractivity contribution < 1.29 is 0 Å². The summed E-state index contributed by atoms with van der Waals surface area (Å²) in [5, 5.41) is 3.47. The van der Waals surface area contributed by atoms with Crippen molar-refractivity contribution in [1.29, 1.82) is 0 Å². The molecule has 2 nitrogen and oxygen atoms in total. The second kappa shape index (κ2) is 6.35. The summed E-state index contributed by atoms with van der Waals surface area (Å²) in [6.07, 6.45) is 3.92. The molecule has 0 spiro atoms. The van der Waals surface area contributed by atoms with Crippen LogP contribution in [-0.2, 0) is 0 Å². The molecule has 1 N–H and O–H groups in total. The SMILES string of the molecule is CNC(CC1CCC(C)CN1C)c1ccccc1. The van der Waals surface area contributed by atoms with Gasteiger partial charge in [-0.3, -0.25) is 0 Å². The van der Waals surface area contributed by atoms with Gasteiger partial charge >= 0.3 is 0 Å². The smallest absolute Gasteiger partial charge is 0.0332 e. The van der Waals surface area contributed by atoms with E-state index >= 15 is 0 Å². The highest BCUT2D eigenvalue weighted by molar-refractivity contribution is 5.19. The Morgan fingerprint density at radius 2 is 2.00 bits per heavy atom. The molecular weight excluding hydrogens is 220 g/mol. The molecule has 0 radical (unpaired) electrons. The molecule has 3 unspecified atom stereocenters. The Labute approximate surface area is 111 Å². The molecule has 0 aliphatic carbocycles. The molecule has 1 fully saturated rings. The number of likely N-dealkylation sites (tertiary alicyclic amines) is 1. The zero-order valence-electron chi connectivity index (χ0n) is 11.9. The lowest BCUT2D eigenvalue weighted by Gasteiger charge is -2.37. The molecule has 100 valence electrons. The lowest BCUT2D eigenvalue weighted by atomic mass is 9.89. The number of piperidine rings is 1. The highest BCUT2D eigenvalue weighted by atomic mass is 15.1. The third kappa shape index (κ3) is 3.33. The zero-order chi connectivity index (χ0) is 13.0. The summed E-state index contributed by atoms with van der Waals surface area (Å²) < 4.78 is 0. The van der Waals surface area contributed by atoms with Crippen LogP contribution in [0.15, 0.2) is 30.3 Å². The normalized spacial score (nSPS) is 27.1. The van der Waals surface area contributed by atoms with Crippen LogP contribution in [0.1, 0.15) is 37.8 Å². The molecule has 18 heavy (non-hydrogen) atoms. The second-order valence-corrected chi connectivity index (χ2v) is 5.76. The van der Waals surface area contributed by atoms with E-state index in [1.165, 1.54) is 31.4 Å². The maximum atomic E-state index is 3.47. The van der Waals surface area contributed by atoms with Crippen molar-refractivity contribution in [2.24, 2.45) is 5.92 Å². The van der Waals surface area contributed by atoms with Crippen molar-refractivity contribution in [2.45, 2.75) is 38.3 Å². The average Bonchev–Trinajstić information content (AvgIpc) is 2.39. The molecule has 1 heterocycles. The number of benzene rings is 1. The van der Waals surface area contributed by atoms with E-state index in [9.17, 15) is 0 Å². The monoisotopic (exact) mass is 246 g/mol. The average molecular weight is 246 g/mol. The zero-order valence-corrected chi connectivity index (χ0v) is 11.9. The van der Waals surface area contributed by atoms with Gasteiger partial charge in [0.05, 0.1) is 0 Å². The fraction of sp³-hybridized carbons (Fsp3) is 0.625. The summed E-state index contributed by atoms with van der Waals surface area (Å²) in [7, 11) is 4.35. The minimum atomic E-state index is 0.479. The Kier molecular flexibility index (Phi) is 4.79. The van der Waals surface area contributed by atoms with Crippen LogP contribution in [0.3, 0.4) is 0 Å². The third-order valence-corrected chi connectivity index (χ3v) is 4.27. The van der Waals surface area contributed by atoms with Gasteiger partial charge in [0.1, 0.15) is 0 Å². The summed E-state index contributed by atoms with van der Waals surface area (Å²) >= 11 is 0. The fourth-order valence-corrected chi connectivity index (χ4v) is 3.11. The summed E-state index contributed by atoms with van der Waals surface area (Å²) in [5.41, 5.74) is 1.41. The van der Waals surface area contributed by atoms with Gasteiger partial charge in [-0.05, 0) is 44.8 Å². The van der Waals surface area contributed by atoms with Gasteiger partial charge in [-0.25, -0.2) is 0 Å². The van der Waals surface area contributed by atoms with Crippen LogP contribution in [0, 0.1) is 5.92 Å². The predicted octanol–water partition coefficient (Wildman–Crippen LogP) is 3.07. The van der Waals surface area contributed by atoms with Gasteiger partial charge < -0.3 is 10.2 Å². The quantitative estimate of drug-likeness (QED) is 0.878. The molecule has 1 aromatic rings. The van der Waals surface area contributed by atoms with Crippen molar-refractivity contribution in [3.05, 3.63) is 35.9 Å². The van der Waals surface area contributed by atoms with E-state index < -0.39 is 0 Å². The lowest BCUT2D eigenvalue weighted by Crippen LogP contribution is -2.41. The van der Waals surface area contributed by atoms with E-state index in [1.54, 1.807) is 0 Å². The first-order chi connectivity index (χ1) is 8.70. The predicted molar refractivity (Wildman–Crippen MR) is 77.7 cm³/mol. The molecule has 1 saturated heterocycles. The van der Waals surface area contributed by atoms with Crippen molar-refractivity contribution >= 4 is 0 Å². The Morgan fingerprint density at radius 1 is 1.28 bits per heavy atom. The largest absolute Gasteiger partial charge is 0.313 e. The molecule has 2 heteroatoms. The highest BCUT2D eigenvalue weighted by Gasteiger charge is 2.25. The van der Waals surface area contributed by atoms with Gasteiger partial charge in [0.25, 0.3) is 0 Å². The molecule has 0 aromatic heterocycles. The second-order valence-electron chi connectivity index (χ2n) is 5.76. The molecule has 0 saturated carbocycles. The summed E-state index contributed by atoms with van der Waals surface area (Å²) in [6.45, 7) is 3.61. The first-order valence-electron chi connectivity index (χ1n) is 7.13. The lowest BCUT2D eigenvalue weighted by molar-refractivity contribution is 0.129. The molecule has 1 aliphatic heterocycles. The van der Waals surface area contributed by atoms with Gasteiger partial charge in [-0.2, -0.15) is 0 Å². The molecule has 2 rings (SSSR count). The van der Waals surface area contributed by atoms with E-state index in [4.69, 9.17) is 0 Å². The van der Waals surface area contributed by atoms with Crippen LogP contribution in [0.25, 0.3) is 0 Å². The third-order valence-electron chi connectivity index (χ3n) is 4.27. The van der Waals surface area contributed by atoms with Crippen molar-refractivity contribution in [3.63, 3.8) is 0 Å². The molecule has 0 bridgehead atoms. The molecule has 1 aliphatic rings. The number of hydrogen-bond donors (Lipinski definition) is 1. The van der Waals surface area contributed by atoms with Crippen molar-refractivity contribution in [1.82, 2.24) is 10.2 Å². The Balaban J connectivity index is 1.98. The van der Waals surface area contributed by atoms with Gasteiger partial charge in [-0.1, -0.05) is 37.3 Å². The summed E-state index contributed by atoms with van der Waals surface area (Å²) in [5.74, 6) is 0.857. The van der Waals surface area contributed by atoms with E-state index in [2.05, 4.69) is 61.6 Å². The number of hydrogen-bond acceptors (Lipinski definition) is 2. The summed E-state index contributed by atoms with van der Waals surface area (Å²) in [6, 6.07) is 12.0. The van der Waals surface area contributed by atoms with E-state index in [0.717, 1.165) is 12.0 Å². The Bertz CT molecular complexity index is 349. The van der Waals surface area contributed by atoms with Crippen LogP contribution in [-0.4, -0.2) is 31.6 Å². The van der Waals surface area contributed by atoms with Crippen molar-refractivity contribution in [2.75, 3.05) is 20.6 Å². The van der Waals surface area contributed by atoms with E-state index in [0.29, 0.717) is 6.04 Å². The van der Waals surface area contributed by atoms with Gasteiger partial charge in [0, 0.05) is 18.6 Å². The van der Waals surface area contributed by atoms with Crippen LogP contribution in [0.5, 0.6) is 0 Å². The first kappa shape index (κ1) is 13.6. The van der Waals surface area contributed by atoms with Gasteiger partial charge in [0.15, 0.2) is 0 Å². The minimum Gasteiger partial charge on any atom is -0.313 e. The minimum absolute atomic E-state index is 0.479. The first-order valence-corrected chi connectivity index (χ1v) is 7.13. The van der Waals surface area contributed by atoms with Crippen LogP contribution >= 0.6 is 0 Å². The van der Waals surface area contributed by atoms with Crippen molar-refractivity contribution in [3.8, 4) is 0 Å². The number of rotatable bonds is 4. The standard InChI is InChI=1S/C16H26N2/c1-13-9-10-15(18(3)12-13)11-16(17-2)14-7-5-4-6-8-14/h4-8,13,15-17H,9-12H2,1-3H3. The van der Waals surface area contributed by atoms with E-state index in [1.807, 2.05) is 0 Å². The van der Waals surface area contributed by atoms with Crippen LogP contribution in [0.4, 0.5) is 0 Å². The molecule has 1 aromatic carbocycles. The topological polar surface area (TPSA) is 15.3 Å². The van der Waals surface area contributed by atoms with E-state index in [-0.39, 0.29) is 0 Å². The molecular formula is C16H26N2.